The van der Waals surface area contributed by atoms with Crippen molar-refractivity contribution in [3.8, 4) is 0 Å². The van der Waals surface area contributed by atoms with Gasteiger partial charge in [-0.3, -0.25) is 4.90 Å². The number of nitrogens with one attached hydrogen (secondary N) is 1. The third-order valence-electron chi connectivity index (χ3n) is 5.42. The number of halogens is 3. The molecule has 9 heteroatoms. The van der Waals surface area contributed by atoms with Crippen molar-refractivity contribution >= 4 is 29.4 Å². The van der Waals surface area contributed by atoms with Gasteiger partial charge in [0.1, 0.15) is 6.04 Å². The largest absolute Gasteiger partial charge is 0.461 e. The van der Waals surface area contributed by atoms with Gasteiger partial charge in [-0.25, -0.2) is 9.59 Å². The Bertz CT molecular complexity index is 766. The standard InChI is InChI=1S/C21H27F3N2O3S/c1-13(2)29-19(27)17-12-30-18(14-8-4-3-5-9-14)26(17)20(28)25-16-11-7-6-10-15(16)21(22,23)24/h6-7,10-11,13-14,17-18H,3-5,8-9,12H2,1-2H3,(H,25,28). The first-order valence-electron chi connectivity index (χ1n) is 10.3. The van der Waals surface area contributed by atoms with E-state index in [1.165, 1.54) is 34.9 Å². The topological polar surface area (TPSA) is 58.6 Å². The van der Waals surface area contributed by atoms with E-state index >= 15 is 0 Å². The quantitative estimate of drug-likeness (QED) is 0.622. The van der Waals surface area contributed by atoms with E-state index < -0.39 is 29.8 Å². The van der Waals surface area contributed by atoms with E-state index in [1.54, 1.807) is 13.8 Å². The van der Waals surface area contributed by atoms with Crippen LogP contribution in [-0.2, 0) is 15.7 Å². The maximum absolute atomic E-state index is 13.3. The smallest absolute Gasteiger partial charge is 0.418 e. The van der Waals surface area contributed by atoms with E-state index in [-0.39, 0.29) is 23.1 Å². The molecular weight excluding hydrogens is 417 g/mol. The van der Waals surface area contributed by atoms with Crippen LogP contribution in [0.15, 0.2) is 24.3 Å². The van der Waals surface area contributed by atoms with Crippen LogP contribution in [0.25, 0.3) is 0 Å². The van der Waals surface area contributed by atoms with Crippen molar-refractivity contribution in [1.82, 2.24) is 4.90 Å². The molecule has 1 saturated heterocycles. The second-order valence-electron chi connectivity index (χ2n) is 8.00. The van der Waals surface area contributed by atoms with E-state index in [9.17, 15) is 22.8 Å². The van der Waals surface area contributed by atoms with Crippen LogP contribution in [0.4, 0.5) is 23.7 Å². The van der Waals surface area contributed by atoms with Crippen LogP contribution in [-0.4, -0.2) is 40.2 Å². The summed E-state index contributed by atoms with van der Waals surface area (Å²) in [6, 6.07) is 3.35. The molecule has 0 bridgehead atoms. The van der Waals surface area contributed by atoms with E-state index in [2.05, 4.69) is 5.32 Å². The maximum Gasteiger partial charge on any atom is 0.418 e. The lowest BCUT2D eigenvalue weighted by Crippen LogP contribution is -2.50. The molecule has 1 heterocycles. The van der Waals surface area contributed by atoms with Gasteiger partial charge in [0.15, 0.2) is 0 Å². The molecule has 1 aromatic rings. The summed E-state index contributed by atoms with van der Waals surface area (Å²) in [4.78, 5) is 27.2. The minimum Gasteiger partial charge on any atom is -0.461 e. The van der Waals surface area contributed by atoms with Crippen molar-refractivity contribution in [2.45, 2.75) is 69.6 Å². The van der Waals surface area contributed by atoms with Crippen molar-refractivity contribution in [2.75, 3.05) is 11.1 Å². The number of ether oxygens (including phenoxy) is 1. The number of anilines is 1. The van der Waals surface area contributed by atoms with Crippen molar-refractivity contribution in [3.05, 3.63) is 29.8 Å². The molecule has 2 atom stereocenters. The molecule has 1 aliphatic carbocycles. The molecule has 2 amide bonds. The van der Waals surface area contributed by atoms with Crippen molar-refractivity contribution in [2.24, 2.45) is 5.92 Å². The van der Waals surface area contributed by atoms with E-state index in [0.717, 1.165) is 38.2 Å². The van der Waals surface area contributed by atoms with Crippen LogP contribution in [0.5, 0.6) is 0 Å². The Kier molecular flexibility index (Phi) is 7.21. The van der Waals surface area contributed by atoms with Gasteiger partial charge in [-0.05, 0) is 44.7 Å². The number of carbonyl (C=O) groups is 2. The van der Waals surface area contributed by atoms with Gasteiger partial charge in [0.25, 0.3) is 0 Å². The summed E-state index contributed by atoms with van der Waals surface area (Å²) in [5.41, 5.74) is -1.23. The van der Waals surface area contributed by atoms with Crippen LogP contribution in [0.2, 0.25) is 0 Å². The molecular formula is C21H27F3N2O3S. The number of benzene rings is 1. The number of hydrogen-bond acceptors (Lipinski definition) is 4. The van der Waals surface area contributed by atoms with Gasteiger partial charge in [0.2, 0.25) is 0 Å². The Balaban J connectivity index is 1.86. The molecule has 1 N–H and O–H groups in total. The predicted molar refractivity (Wildman–Crippen MR) is 110 cm³/mol. The molecule has 166 valence electrons. The minimum absolute atomic E-state index is 0.212. The van der Waals surface area contributed by atoms with Crippen molar-refractivity contribution in [3.63, 3.8) is 0 Å². The number of urea groups is 1. The van der Waals surface area contributed by atoms with Gasteiger partial charge < -0.3 is 10.1 Å². The summed E-state index contributed by atoms with van der Waals surface area (Å²) in [5, 5.41) is 2.16. The average Bonchev–Trinajstić information content (AvgIpc) is 3.13. The third-order valence-corrected chi connectivity index (χ3v) is 6.88. The number of alkyl halides is 3. The highest BCUT2D eigenvalue weighted by Gasteiger charge is 2.46. The molecule has 2 unspecified atom stereocenters. The highest BCUT2D eigenvalue weighted by molar-refractivity contribution is 8.00. The molecule has 30 heavy (non-hydrogen) atoms. The molecule has 2 aliphatic rings. The summed E-state index contributed by atoms with van der Waals surface area (Å²) < 4.78 is 45.4. The number of nitrogens with zero attached hydrogens (tertiary/aromatic N) is 1. The molecule has 3 rings (SSSR count). The van der Waals surface area contributed by atoms with Crippen molar-refractivity contribution < 1.29 is 27.5 Å². The van der Waals surface area contributed by atoms with Gasteiger partial charge in [-0.15, -0.1) is 11.8 Å². The summed E-state index contributed by atoms with van der Waals surface area (Å²) in [6.45, 7) is 3.45. The number of hydrogen-bond donors (Lipinski definition) is 1. The predicted octanol–water partition coefficient (Wildman–Crippen LogP) is 5.51. The lowest BCUT2D eigenvalue weighted by Gasteiger charge is -2.35. The first-order chi connectivity index (χ1) is 14.2. The Hall–Kier alpha value is -1.90. The molecule has 1 aliphatic heterocycles. The highest BCUT2D eigenvalue weighted by Crippen LogP contribution is 2.41. The fourth-order valence-corrected chi connectivity index (χ4v) is 5.70. The zero-order chi connectivity index (χ0) is 21.9. The highest BCUT2D eigenvalue weighted by atomic mass is 32.2. The van der Waals surface area contributed by atoms with E-state index in [1.807, 2.05) is 0 Å². The Morgan fingerprint density at radius 1 is 1.17 bits per heavy atom. The number of rotatable bonds is 4. The fraction of sp³-hybridized carbons (Fsp3) is 0.619. The molecule has 2 fully saturated rings. The SMILES string of the molecule is CC(C)OC(=O)C1CSC(C2CCCCC2)N1C(=O)Nc1ccccc1C(F)(F)F. The van der Waals surface area contributed by atoms with Gasteiger partial charge in [0.05, 0.1) is 22.7 Å². The molecule has 0 aromatic heterocycles. The fourth-order valence-electron chi connectivity index (χ4n) is 4.08. The number of carbonyl (C=O) groups excluding carboxylic acids is 2. The first kappa shape index (κ1) is 22.8. The number of amides is 2. The second-order valence-corrected chi connectivity index (χ2v) is 9.15. The maximum atomic E-state index is 13.3. The van der Waals surface area contributed by atoms with Gasteiger partial charge in [-0.1, -0.05) is 31.4 Å². The zero-order valence-corrected chi connectivity index (χ0v) is 17.9. The lowest BCUT2D eigenvalue weighted by atomic mass is 9.88. The Labute approximate surface area is 178 Å². The van der Waals surface area contributed by atoms with E-state index in [0.29, 0.717) is 5.75 Å². The summed E-state index contributed by atoms with van der Waals surface area (Å²) in [7, 11) is 0. The van der Waals surface area contributed by atoms with Crippen LogP contribution in [0, 0.1) is 5.92 Å². The van der Waals surface area contributed by atoms with Gasteiger partial charge in [-0.2, -0.15) is 13.2 Å². The zero-order valence-electron chi connectivity index (χ0n) is 17.1. The molecule has 0 radical (unpaired) electrons. The van der Waals surface area contributed by atoms with Gasteiger partial charge >= 0.3 is 18.2 Å². The molecule has 5 nitrogen and oxygen atoms in total. The first-order valence-corrected chi connectivity index (χ1v) is 11.3. The van der Waals surface area contributed by atoms with Crippen LogP contribution < -0.4 is 5.32 Å². The van der Waals surface area contributed by atoms with Crippen LogP contribution in [0.3, 0.4) is 0 Å². The van der Waals surface area contributed by atoms with Gasteiger partial charge in [0, 0.05) is 5.75 Å². The third kappa shape index (κ3) is 5.22. The average molecular weight is 445 g/mol. The summed E-state index contributed by atoms with van der Waals surface area (Å²) in [6.07, 6.45) is 0.177. The monoisotopic (exact) mass is 444 g/mol. The van der Waals surface area contributed by atoms with Crippen LogP contribution >= 0.6 is 11.8 Å². The van der Waals surface area contributed by atoms with Crippen LogP contribution in [0.1, 0.15) is 51.5 Å². The number of esters is 1. The molecule has 0 spiro atoms. The minimum atomic E-state index is -4.59. The Morgan fingerprint density at radius 3 is 2.47 bits per heavy atom. The molecule has 1 saturated carbocycles. The Morgan fingerprint density at radius 2 is 1.83 bits per heavy atom. The van der Waals surface area contributed by atoms with E-state index in [4.69, 9.17) is 4.74 Å². The lowest BCUT2D eigenvalue weighted by molar-refractivity contribution is -0.152. The second kappa shape index (κ2) is 9.49. The van der Waals surface area contributed by atoms with Crippen molar-refractivity contribution in [1.29, 1.82) is 0 Å². The summed E-state index contributed by atoms with van der Waals surface area (Å²) in [5.74, 6) is 0.0698. The normalized spacial score (nSPS) is 22.9. The number of para-hydroxylation sites is 1. The molecule has 1 aromatic carbocycles. The number of thioether (sulfide) groups is 1. The summed E-state index contributed by atoms with van der Waals surface area (Å²) >= 11 is 1.51.